The monoisotopic (exact) mass is 214 g/mol. The SMILES string of the molecule is O=[N+]([O-])c1cnc([N+](=O)[O-])n1CC1CO1. The lowest BCUT2D eigenvalue weighted by Gasteiger charge is -2.00. The molecule has 1 saturated heterocycles. The van der Waals surface area contributed by atoms with Gasteiger partial charge in [0, 0.05) is 0 Å². The molecule has 9 heteroatoms. The summed E-state index contributed by atoms with van der Waals surface area (Å²) in [6.45, 7) is 0.555. The Hall–Kier alpha value is -2.03. The molecule has 0 aromatic carbocycles. The summed E-state index contributed by atoms with van der Waals surface area (Å²) in [5.74, 6) is -0.922. The van der Waals surface area contributed by atoms with Crippen molar-refractivity contribution in [2.75, 3.05) is 6.61 Å². The van der Waals surface area contributed by atoms with E-state index >= 15 is 0 Å². The molecule has 1 aliphatic heterocycles. The Morgan fingerprint density at radius 3 is 2.67 bits per heavy atom. The van der Waals surface area contributed by atoms with Crippen LogP contribution in [0.5, 0.6) is 0 Å². The van der Waals surface area contributed by atoms with Crippen LogP contribution in [0.15, 0.2) is 6.20 Å². The van der Waals surface area contributed by atoms with Crippen LogP contribution < -0.4 is 0 Å². The average molecular weight is 214 g/mol. The standard InChI is InChI=1S/C6H6N4O5/c11-9(12)5-1-7-6(10(13)14)8(5)2-4-3-15-4/h1,4H,2-3H2. The van der Waals surface area contributed by atoms with Gasteiger partial charge in [0.05, 0.1) is 6.61 Å². The van der Waals surface area contributed by atoms with Crippen LogP contribution in [0.3, 0.4) is 0 Å². The molecule has 15 heavy (non-hydrogen) atoms. The lowest BCUT2D eigenvalue weighted by atomic mass is 10.4. The fourth-order valence-corrected chi connectivity index (χ4v) is 1.20. The maximum absolute atomic E-state index is 10.5. The molecule has 1 fully saturated rings. The molecule has 0 radical (unpaired) electrons. The van der Waals surface area contributed by atoms with E-state index in [0.29, 0.717) is 6.61 Å². The number of imidazole rings is 1. The Balaban J connectivity index is 2.37. The first-order valence-corrected chi connectivity index (χ1v) is 4.05. The highest BCUT2D eigenvalue weighted by Crippen LogP contribution is 2.23. The number of ether oxygens (including phenoxy) is 1. The van der Waals surface area contributed by atoms with Crippen LogP contribution >= 0.6 is 0 Å². The first kappa shape index (κ1) is 9.52. The highest BCUT2D eigenvalue weighted by atomic mass is 16.6. The number of aromatic nitrogens is 2. The first-order chi connectivity index (χ1) is 7.09. The van der Waals surface area contributed by atoms with E-state index in [1.54, 1.807) is 0 Å². The molecule has 0 N–H and O–H groups in total. The molecular weight excluding hydrogens is 208 g/mol. The van der Waals surface area contributed by atoms with E-state index in [-0.39, 0.29) is 12.6 Å². The smallest absolute Gasteiger partial charge is 0.390 e. The van der Waals surface area contributed by atoms with Crippen molar-refractivity contribution in [3.05, 3.63) is 26.4 Å². The molecule has 2 rings (SSSR count). The summed E-state index contributed by atoms with van der Waals surface area (Å²) in [7, 11) is 0. The van der Waals surface area contributed by atoms with Crippen LogP contribution in [0.2, 0.25) is 0 Å². The van der Waals surface area contributed by atoms with Crippen molar-refractivity contribution in [2.45, 2.75) is 12.6 Å². The van der Waals surface area contributed by atoms with Gasteiger partial charge in [0.15, 0.2) is 6.20 Å². The molecule has 1 aromatic rings. The zero-order valence-electron chi connectivity index (χ0n) is 7.40. The number of rotatable bonds is 4. The third kappa shape index (κ3) is 1.76. The molecule has 0 spiro atoms. The lowest BCUT2D eigenvalue weighted by molar-refractivity contribution is -0.407. The maximum atomic E-state index is 10.5. The normalized spacial score (nSPS) is 18.8. The molecule has 0 bridgehead atoms. The van der Waals surface area contributed by atoms with Crippen molar-refractivity contribution in [3.8, 4) is 0 Å². The van der Waals surface area contributed by atoms with Crippen molar-refractivity contribution in [1.29, 1.82) is 0 Å². The van der Waals surface area contributed by atoms with Crippen LogP contribution in [-0.2, 0) is 11.3 Å². The minimum absolute atomic E-state index is 0.0899. The summed E-state index contributed by atoms with van der Waals surface area (Å²) in [6.07, 6.45) is 0.692. The highest BCUT2D eigenvalue weighted by Gasteiger charge is 2.32. The van der Waals surface area contributed by atoms with Crippen molar-refractivity contribution < 1.29 is 14.6 Å². The average Bonchev–Trinajstić information content (AvgIpc) is 2.82. The number of epoxide rings is 1. The van der Waals surface area contributed by atoms with E-state index < -0.39 is 21.6 Å². The van der Waals surface area contributed by atoms with Crippen LogP contribution in [0, 0.1) is 20.2 Å². The van der Waals surface area contributed by atoms with Gasteiger partial charge in [-0.1, -0.05) is 4.98 Å². The Labute approximate surface area is 82.6 Å². The maximum Gasteiger partial charge on any atom is 0.438 e. The first-order valence-electron chi connectivity index (χ1n) is 4.05. The van der Waals surface area contributed by atoms with E-state index in [4.69, 9.17) is 4.74 Å². The topological polar surface area (TPSA) is 117 Å². The highest BCUT2D eigenvalue weighted by molar-refractivity contribution is 5.26. The molecule has 1 aliphatic rings. The zero-order chi connectivity index (χ0) is 11.0. The van der Waals surface area contributed by atoms with Crippen molar-refractivity contribution in [3.63, 3.8) is 0 Å². The van der Waals surface area contributed by atoms with Crippen molar-refractivity contribution in [2.24, 2.45) is 0 Å². The van der Waals surface area contributed by atoms with Crippen LogP contribution in [0.25, 0.3) is 0 Å². The zero-order valence-corrected chi connectivity index (χ0v) is 7.40. The summed E-state index contributed by atoms with van der Waals surface area (Å²) in [4.78, 5) is 23.0. The van der Waals surface area contributed by atoms with Crippen LogP contribution in [0.1, 0.15) is 0 Å². The third-order valence-corrected chi connectivity index (χ3v) is 1.95. The largest absolute Gasteiger partial charge is 0.438 e. The van der Waals surface area contributed by atoms with Gasteiger partial charge in [-0.3, -0.25) is 0 Å². The van der Waals surface area contributed by atoms with Gasteiger partial charge in [-0.25, -0.2) is 0 Å². The number of nitrogens with zero attached hydrogens (tertiary/aromatic N) is 4. The van der Waals surface area contributed by atoms with Gasteiger partial charge in [0.1, 0.15) is 12.6 Å². The van der Waals surface area contributed by atoms with Crippen molar-refractivity contribution >= 4 is 11.8 Å². The van der Waals surface area contributed by atoms with Crippen LogP contribution in [-0.4, -0.2) is 32.1 Å². The van der Waals surface area contributed by atoms with E-state index in [0.717, 1.165) is 10.8 Å². The summed E-state index contributed by atoms with van der Waals surface area (Å²) in [5.41, 5.74) is 0. The molecule has 0 aliphatic carbocycles. The number of nitro groups is 2. The molecule has 1 atom stereocenters. The van der Waals surface area contributed by atoms with E-state index in [1.807, 2.05) is 0 Å². The molecule has 2 heterocycles. The van der Waals surface area contributed by atoms with Gasteiger partial charge in [-0.2, -0.15) is 4.57 Å². The number of hydrogen-bond donors (Lipinski definition) is 0. The molecule has 9 nitrogen and oxygen atoms in total. The Bertz CT molecular complexity index is 392. The Kier molecular flexibility index (Phi) is 2.08. The minimum atomic E-state index is -0.755. The predicted molar refractivity (Wildman–Crippen MR) is 45.3 cm³/mol. The van der Waals surface area contributed by atoms with Gasteiger partial charge in [-0.05, 0) is 9.85 Å². The summed E-state index contributed by atoms with van der Waals surface area (Å²) in [5, 5.41) is 21.1. The van der Waals surface area contributed by atoms with Crippen LogP contribution in [0.4, 0.5) is 11.8 Å². The Morgan fingerprint density at radius 2 is 2.20 bits per heavy atom. The molecule has 0 amide bonds. The van der Waals surface area contributed by atoms with E-state index in [9.17, 15) is 20.2 Å². The van der Waals surface area contributed by atoms with E-state index in [1.165, 1.54) is 0 Å². The van der Waals surface area contributed by atoms with Gasteiger partial charge in [0.2, 0.25) is 0 Å². The van der Waals surface area contributed by atoms with Gasteiger partial charge < -0.3 is 25.0 Å². The second kappa shape index (κ2) is 3.28. The second-order valence-corrected chi connectivity index (χ2v) is 3.00. The lowest BCUT2D eigenvalue weighted by Crippen LogP contribution is -2.10. The van der Waals surface area contributed by atoms with Gasteiger partial charge >= 0.3 is 11.8 Å². The summed E-state index contributed by atoms with van der Waals surface area (Å²) in [6, 6.07) is 0. The third-order valence-electron chi connectivity index (χ3n) is 1.95. The molecule has 80 valence electrons. The van der Waals surface area contributed by atoms with Crippen molar-refractivity contribution in [1.82, 2.24) is 9.55 Å². The number of hydrogen-bond acceptors (Lipinski definition) is 6. The quantitative estimate of drug-likeness (QED) is 0.398. The fraction of sp³-hybridized carbons (Fsp3) is 0.500. The Morgan fingerprint density at radius 1 is 1.53 bits per heavy atom. The van der Waals surface area contributed by atoms with Gasteiger partial charge in [-0.15, -0.1) is 0 Å². The van der Waals surface area contributed by atoms with Gasteiger partial charge in [0.25, 0.3) is 0 Å². The minimum Gasteiger partial charge on any atom is -0.390 e. The fourth-order valence-electron chi connectivity index (χ4n) is 1.20. The molecule has 0 saturated carbocycles. The molecule has 1 unspecified atom stereocenters. The summed E-state index contributed by atoms with van der Waals surface area (Å²) >= 11 is 0. The summed E-state index contributed by atoms with van der Waals surface area (Å²) < 4.78 is 5.80. The molecular formula is C6H6N4O5. The second-order valence-electron chi connectivity index (χ2n) is 3.00. The predicted octanol–water partition coefficient (Wildman–Crippen LogP) is 0.0983. The van der Waals surface area contributed by atoms with E-state index in [2.05, 4.69) is 4.98 Å². The molecule has 1 aromatic heterocycles.